The van der Waals surface area contributed by atoms with Crippen molar-refractivity contribution in [3.63, 3.8) is 0 Å². The van der Waals surface area contributed by atoms with Gasteiger partial charge in [0.15, 0.2) is 0 Å². The van der Waals surface area contributed by atoms with Gasteiger partial charge < -0.3 is 4.55 Å². The summed E-state index contributed by atoms with van der Waals surface area (Å²) in [4.78, 5) is -0.0413. The Bertz CT molecular complexity index is 811. The molecule has 0 heterocycles. The molecule has 0 fully saturated rings. The van der Waals surface area contributed by atoms with E-state index in [4.69, 9.17) is 0 Å². The van der Waals surface area contributed by atoms with E-state index in [1.165, 1.54) is 186 Å². The molecule has 43 heavy (non-hydrogen) atoms. The first-order chi connectivity index (χ1) is 20.6. The molecule has 0 bridgehead atoms. The molecule has 1 aromatic rings. The van der Waals surface area contributed by atoms with Gasteiger partial charge in [0.2, 0.25) is 0 Å². The molecule has 5 heteroatoms. The molecule has 0 aromatic heterocycles. The minimum Gasteiger partial charge on any atom is -0.744 e. The van der Waals surface area contributed by atoms with E-state index in [-0.39, 0.29) is 34.5 Å². The Morgan fingerprint density at radius 3 is 0.977 bits per heavy atom. The average Bonchev–Trinajstić information content (AvgIpc) is 2.98. The summed E-state index contributed by atoms with van der Waals surface area (Å²) in [5.41, 5.74) is 0.674. The van der Waals surface area contributed by atoms with Gasteiger partial charge in [-0.3, -0.25) is 0 Å². The molecule has 246 valence electrons. The quantitative estimate of drug-likeness (QED) is 0.0453. The normalized spacial score (nSPS) is 11.6. The van der Waals surface area contributed by atoms with Gasteiger partial charge >= 0.3 is 29.6 Å². The Morgan fingerprint density at radius 1 is 0.442 bits per heavy atom. The molecule has 0 spiro atoms. The average molecular weight is 629 g/mol. The van der Waals surface area contributed by atoms with Gasteiger partial charge in [0.25, 0.3) is 0 Å². The molecule has 0 N–H and O–H groups in total. The van der Waals surface area contributed by atoms with Crippen LogP contribution in [0.1, 0.15) is 205 Å². The predicted octanol–water partition coefficient (Wildman–Crippen LogP) is 9.86. The first-order valence-electron chi connectivity index (χ1n) is 18.6. The van der Waals surface area contributed by atoms with Crippen molar-refractivity contribution in [3.05, 3.63) is 29.8 Å². The number of aryl methyl sites for hydroxylation is 1. The zero-order valence-electron chi connectivity index (χ0n) is 28.9. The molecule has 0 aliphatic heterocycles. The third-order valence-electron chi connectivity index (χ3n) is 9.04. The van der Waals surface area contributed by atoms with Crippen molar-refractivity contribution in [1.29, 1.82) is 0 Å². The van der Waals surface area contributed by atoms with Crippen LogP contribution in [0.2, 0.25) is 0 Å². The summed E-state index contributed by atoms with van der Waals surface area (Å²) in [6.45, 7) is 2.30. The maximum absolute atomic E-state index is 11.4. The Hall–Kier alpha value is 0.130. The molecule has 0 aliphatic carbocycles. The van der Waals surface area contributed by atoms with Crippen LogP contribution in [0.3, 0.4) is 0 Å². The van der Waals surface area contributed by atoms with Crippen LogP contribution in [-0.4, -0.2) is 13.0 Å². The van der Waals surface area contributed by atoms with E-state index in [9.17, 15) is 13.0 Å². The fourth-order valence-electron chi connectivity index (χ4n) is 6.29. The Labute approximate surface area is 291 Å². The van der Waals surface area contributed by atoms with Gasteiger partial charge in [-0.1, -0.05) is 211 Å². The molecular formula is C38H69NaO3S. The molecule has 0 amide bonds. The zero-order chi connectivity index (χ0) is 30.4. The molecule has 0 radical (unpaired) electrons. The smallest absolute Gasteiger partial charge is 0.744 e. The van der Waals surface area contributed by atoms with Crippen molar-refractivity contribution in [2.24, 2.45) is 0 Å². The van der Waals surface area contributed by atoms with Crippen molar-refractivity contribution < 1.29 is 42.5 Å². The van der Waals surface area contributed by atoms with Gasteiger partial charge in [0, 0.05) is 0 Å². The Balaban J connectivity index is 0.0000176. The summed E-state index contributed by atoms with van der Waals surface area (Å²) in [6, 6.07) is 6.64. The molecule has 3 nitrogen and oxygen atoms in total. The molecule has 1 aromatic carbocycles. The summed E-state index contributed by atoms with van der Waals surface area (Å²) in [6.07, 6.45) is 42.5. The standard InChI is InChI=1S/C38H70O3S.Na/c1-2-3-4-5-6-7-8-9-10-11-12-13-14-15-16-17-18-19-20-21-22-23-24-25-26-27-28-29-30-31-34-37-35-32-33-36-38(37)42(39,40)41;/h32-33,35-36H,2-31,34H2,1H3,(H,39,40,41);/q;+1/p-1. The fourth-order valence-corrected chi connectivity index (χ4v) is 7.03. The second-order valence-electron chi connectivity index (χ2n) is 13.1. The van der Waals surface area contributed by atoms with Gasteiger partial charge in [-0.15, -0.1) is 0 Å². The van der Waals surface area contributed by atoms with Crippen LogP contribution in [0.15, 0.2) is 29.2 Å². The van der Waals surface area contributed by atoms with Crippen molar-refractivity contribution in [2.45, 2.75) is 211 Å². The molecule has 1 rings (SSSR count). The summed E-state index contributed by atoms with van der Waals surface area (Å²) in [5.74, 6) is 0. The monoisotopic (exact) mass is 628 g/mol. The largest absolute Gasteiger partial charge is 1.00 e. The van der Waals surface area contributed by atoms with Crippen LogP contribution in [0, 0.1) is 0 Å². The van der Waals surface area contributed by atoms with Gasteiger partial charge in [0.1, 0.15) is 10.1 Å². The molecular weight excluding hydrogens is 559 g/mol. The van der Waals surface area contributed by atoms with E-state index in [0.717, 1.165) is 12.8 Å². The predicted molar refractivity (Wildman–Crippen MR) is 182 cm³/mol. The molecule has 0 saturated heterocycles. The van der Waals surface area contributed by atoms with Crippen molar-refractivity contribution in [1.82, 2.24) is 0 Å². The number of rotatable bonds is 32. The maximum atomic E-state index is 11.4. The second kappa shape index (κ2) is 32.1. The van der Waals surface area contributed by atoms with Gasteiger partial charge in [0.05, 0.1) is 4.90 Å². The number of unbranched alkanes of at least 4 members (excludes halogenated alkanes) is 29. The Morgan fingerprint density at radius 2 is 0.698 bits per heavy atom. The first kappa shape index (κ1) is 43.1. The summed E-state index contributed by atoms with van der Waals surface area (Å²) in [7, 11) is -4.37. The fraction of sp³-hybridized carbons (Fsp3) is 0.842. The third-order valence-corrected chi connectivity index (χ3v) is 9.98. The minimum absolute atomic E-state index is 0. The molecule has 0 unspecified atom stereocenters. The van der Waals surface area contributed by atoms with Crippen LogP contribution in [0.5, 0.6) is 0 Å². The Kier molecular flexibility index (Phi) is 32.2. The molecule has 0 aliphatic rings. The zero-order valence-corrected chi connectivity index (χ0v) is 31.7. The van der Waals surface area contributed by atoms with Crippen LogP contribution < -0.4 is 29.6 Å². The van der Waals surface area contributed by atoms with Crippen molar-refractivity contribution in [2.75, 3.05) is 0 Å². The summed E-state index contributed by atoms with van der Waals surface area (Å²) in [5, 5.41) is 0. The van der Waals surface area contributed by atoms with E-state index in [0.29, 0.717) is 12.0 Å². The van der Waals surface area contributed by atoms with Crippen molar-refractivity contribution in [3.8, 4) is 0 Å². The summed E-state index contributed by atoms with van der Waals surface area (Å²) < 4.78 is 34.1. The van der Waals surface area contributed by atoms with Crippen LogP contribution in [0.25, 0.3) is 0 Å². The van der Waals surface area contributed by atoms with Crippen molar-refractivity contribution >= 4 is 10.1 Å². The SMILES string of the molecule is CCCCCCCCCCCCCCCCCCCCCCCCCCCCCCCCc1ccccc1S(=O)(=O)[O-].[Na+]. The van der Waals surface area contributed by atoms with E-state index >= 15 is 0 Å². The minimum atomic E-state index is -4.37. The third kappa shape index (κ3) is 28.1. The van der Waals surface area contributed by atoms with Gasteiger partial charge in [-0.25, -0.2) is 8.42 Å². The van der Waals surface area contributed by atoms with Gasteiger partial charge in [-0.2, -0.15) is 0 Å². The maximum Gasteiger partial charge on any atom is 1.00 e. The van der Waals surface area contributed by atoms with E-state index in [1.54, 1.807) is 12.1 Å². The number of hydrogen-bond donors (Lipinski definition) is 0. The molecule has 0 saturated carbocycles. The first-order valence-corrected chi connectivity index (χ1v) is 20.0. The van der Waals surface area contributed by atoms with Crippen LogP contribution in [0.4, 0.5) is 0 Å². The topological polar surface area (TPSA) is 57.2 Å². The number of benzene rings is 1. The van der Waals surface area contributed by atoms with Crippen LogP contribution >= 0.6 is 0 Å². The molecule has 0 atom stereocenters. The van der Waals surface area contributed by atoms with E-state index in [1.807, 2.05) is 6.07 Å². The number of hydrogen-bond acceptors (Lipinski definition) is 3. The van der Waals surface area contributed by atoms with Crippen LogP contribution in [-0.2, 0) is 16.5 Å². The van der Waals surface area contributed by atoms with E-state index in [2.05, 4.69) is 6.92 Å². The second-order valence-corrected chi connectivity index (χ2v) is 14.4. The summed E-state index contributed by atoms with van der Waals surface area (Å²) >= 11 is 0. The van der Waals surface area contributed by atoms with E-state index < -0.39 is 10.1 Å². The van der Waals surface area contributed by atoms with Gasteiger partial charge in [-0.05, 0) is 24.5 Å².